The highest BCUT2D eigenvalue weighted by molar-refractivity contribution is 5.92. The van der Waals surface area contributed by atoms with Crippen molar-refractivity contribution in [1.82, 2.24) is 10.2 Å². The minimum Gasteiger partial charge on any atom is -0.325 e. The number of likely N-dealkylation sites (tertiary alicyclic amines) is 1. The molecule has 1 aliphatic heterocycles. The lowest BCUT2D eigenvalue weighted by molar-refractivity contribution is -0.115. The number of hydrogen-bond acceptors (Lipinski definition) is 3. The van der Waals surface area contributed by atoms with Crippen molar-refractivity contribution in [3.8, 4) is 0 Å². The van der Waals surface area contributed by atoms with Crippen LogP contribution in [-0.2, 0) is 4.79 Å². The van der Waals surface area contributed by atoms with Gasteiger partial charge < -0.3 is 15.5 Å². The van der Waals surface area contributed by atoms with Crippen LogP contribution in [-0.4, -0.2) is 43.0 Å². The second-order valence-corrected chi connectivity index (χ2v) is 5.86. The molecule has 1 aromatic rings. The Morgan fingerprint density at radius 3 is 2.67 bits per heavy atom. The van der Waals surface area contributed by atoms with Crippen molar-refractivity contribution in [3.05, 3.63) is 29.8 Å². The number of nitrogens with zero attached hydrogens (tertiary/aromatic N) is 1. The molecule has 21 heavy (non-hydrogen) atoms. The number of aryl methyl sites for hydroxylation is 1. The van der Waals surface area contributed by atoms with Gasteiger partial charge in [0, 0.05) is 11.7 Å². The zero-order valence-electron chi connectivity index (χ0n) is 13.2. The van der Waals surface area contributed by atoms with E-state index in [0.717, 1.165) is 37.2 Å². The van der Waals surface area contributed by atoms with E-state index < -0.39 is 0 Å². The van der Waals surface area contributed by atoms with Crippen molar-refractivity contribution in [2.24, 2.45) is 0 Å². The van der Waals surface area contributed by atoms with Crippen LogP contribution in [0, 0.1) is 6.92 Å². The van der Waals surface area contributed by atoms with Crippen LogP contribution in [0.25, 0.3) is 0 Å². The van der Waals surface area contributed by atoms with E-state index in [2.05, 4.69) is 22.5 Å². The summed E-state index contributed by atoms with van der Waals surface area (Å²) in [6.45, 7) is 8.11. The van der Waals surface area contributed by atoms with Gasteiger partial charge in [-0.1, -0.05) is 25.1 Å². The Labute approximate surface area is 127 Å². The van der Waals surface area contributed by atoms with Crippen LogP contribution < -0.4 is 10.6 Å². The predicted molar refractivity (Wildman–Crippen MR) is 87.6 cm³/mol. The van der Waals surface area contributed by atoms with Gasteiger partial charge >= 0.3 is 0 Å². The molecule has 0 atom stereocenters. The number of rotatable bonds is 6. The number of benzene rings is 1. The van der Waals surface area contributed by atoms with Gasteiger partial charge in [0.1, 0.15) is 0 Å². The van der Waals surface area contributed by atoms with E-state index in [1.807, 2.05) is 31.2 Å². The molecule has 0 aromatic heterocycles. The third kappa shape index (κ3) is 5.14. The summed E-state index contributed by atoms with van der Waals surface area (Å²) in [6.07, 6.45) is 3.49. The molecule has 1 amide bonds. The number of carbonyl (C=O) groups excluding carboxylic acids is 1. The topological polar surface area (TPSA) is 44.4 Å². The van der Waals surface area contributed by atoms with E-state index in [1.54, 1.807) is 0 Å². The van der Waals surface area contributed by atoms with E-state index in [4.69, 9.17) is 0 Å². The highest BCUT2D eigenvalue weighted by Gasteiger charge is 2.18. The lowest BCUT2D eigenvalue weighted by atomic mass is 10.0. The number of anilines is 1. The fraction of sp³-hybridized carbons (Fsp3) is 0.588. The molecule has 0 unspecified atom stereocenters. The summed E-state index contributed by atoms with van der Waals surface area (Å²) in [5, 5.41) is 6.35. The van der Waals surface area contributed by atoms with Crippen LogP contribution in [0.5, 0.6) is 0 Å². The monoisotopic (exact) mass is 289 g/mol. The van der Waals surface area contributed by atoms with Gasteiger partial charge in [-0.25, -0.2) is 0 Å². The summed E-state index contributed by atoms with van der Waals surface area (Å²) in [6, 6.07) is 8.34. The first-order chi connectivity index (χ1) is 10.2. The zero-order chi connectivity index (χ0) is 15.1. The van der Waals surface area contributed by atoms with Gasteiger partial charge in [-0.3, -0.25) is 4.79 Å². The molecule has 0 bridgehead atoms. The molecule has 0 aliphatic carbocycles. The van der Waals surface area contributed by atoms with Gasteiger partial charge in [0.25, 0.3) is 0 Å². The maximum absolute atomic E-state index is 12.0. The number of piperidine rings is 1. The molecule has 1 saturated heterocycles. The van der Waals surface area contributed by atoms with Crippen LogP contribution in [0.1, 0.15) is 31.7 Å². The third-order valence-electron chi connectivity index (χ3n) is 4.10. The molecule has 2 N–H and O–H groups in total. The summed E-state index contributed by atoms with van der Waals surface area (Å²) in [7, 11) is 0. The smallest absolute Gasteiger partial charge is 0.238 e. The van der Waals surface area contributed by atoms with Crippen molar-refractivity contribution < 1.29 is 4.79 Å². The van der Waals surface area contributed by atoms with Crippen LogP contribution in [0.4, 0.5) is 5.69 Å². The maximum Gasteiger partial charge on any atom is 0.238 e. The maximum atomic E-state index is 12.0. The fourth-order valence-corrected chi connectivity index (χ4v) is 2.82. The number of para-hydroxylation sites is 1. The molecule has 1 fully saturated rings. The van der Waals surface area contributed by atoms with Crippen molar-refractivity contribution >= 4 is 11.6 Å². The van der Waals surface area contributed by atoms with Gasteiger partial charge in [0.2, 0.25) is 5.91 Å². The first kappa shape index (κ1) is 16.0. The molecule has 2 rings (SSSR count). The lowest BCUT2D eigenvalue weighted by Crippen LogP contribution is -2.44. The van der Waals surface area contributed by atoms with Gasteiger partial charge in [0.15, 0.2) is 0 Å². The summed E-state index contributed by atoms with van der Waals surface area (Å²) in [4.78, 5) is 14.5. The molecule has 4 nitrogen and oxygen atoms in total. The Bertz CT molecular complexity index is 453. The molecule has 0 radical (unpaired) electrons. The number of hydrogen-bond donors (Lipinski definition) is 2. The van der Waals surface area contributed by atoms with Crippen LogP contribution in [0.2, 0.25) is 0 Å². The van der Waals surface area contributed by atoms with E-state index >= 15 is 0 Å². The average molecular weight is 289 g/mol. The molecule has 4 heteroatoms. The Hall–Kier alpha value is -1.39. The summed E-state index contributed by atoms with van der Waals surface area (Å²) in [5.74, 6) is 0.0419. The quantitative estimate of drug-likeness (QED) is 0.845. The average Bonchev–Trinajstić information content (AvgIpc) is 2.49. The normalized spacial score (nSPS) is 16.9. The molecule has 0 saturated carbocycles. The zero-order valence-corrected chi connectivity index (χ0v) is 13.2. The fourth-order valence-electron chi connectivity index (χ4n) is 2.82. The molecule has 1 aliphatic rings. The first-order valence-electron chi connectivity index (χ1n) is 8.00. The van der Waals surface area contributed by atoms with Gasteiger partial charge in [-0.2, -0.15) is 0 Å². The number of carbonyl (C=O) groups is 1. The highest BCUT2D eigenvalue weighted by Crippen LogP contribution is 2.13. The van der Waals surface area contributed by atoms with Crippen molar-refractivity contribution in [2.45, 2.75) is 39.2 Å². The molecular formula is C17H27N3O. The van der Waals surface area contributed by atoms with Crippen molar-refractivity contribution in [2.75, 3.05) is 31.5 Å². The van der Waals surface area contributed by atoms with E-state index in [1.165, 1.54) is 13.0 Å². The minimum atomic E-state index is 0.0419. The van der Waals surface area contributed by atoms with E-state index in [-0.39, 0.29) is 5.91 Å². The van der Waals surface area contributed by atoms with Gasteiger partial charge in [0.05, 0.1) is 6.54 Å². The Balaban J connectivity index is 1.69. The Morgan fingerprint density at radius 1 is 1.29 bits per heavy atom. The predicted octanol–water partition coefficient (Wildman–Crippen LogP) is 2.40. The molecule has 1 aromatic carbocycles. The van der Waals surface area contributed by atoms with Gasteiger partial charge in [-0.15, -0.1) is 0 Å². The molecule has 116 valence electrons. The SMILES string of the molecule is CCCN1CCC(NCC(=O)Nc2ccccc2C)CC1. The minimum absolute atomic E-state index is 0.0419. The summed E-state index contributed by atoms with van der Waals surface area (Å²) < 4.78 is 0. The second kappa shape index (κ2) is 8.15. The Morgan fingerprint density at radius 2 is 2.00 bits per heavy atom. The largest absolute Gasteiger partial charge is 0.325 e. The van der Waals surface area contributed by atoms with Crippen LogP contribution in [0.3, 0.4) is 0 Å². The first-order valence-corrected chi connectivity index (χ1v) is 8.00. The molecule has 1 heterocycles. The molecular weight excluding hydrogens is 262 g/mol. The van der Waals surface area contributed by atoms with Crippen molar-refractivity contribution in [3.63, 3.8) is 0 Å². The van der Waals surface area contributed by atoms with E-state index in [0.29, 0.717) is 12.6 Å². The molecule has 0 spiro atoms. The van der Waals surface area contributed by atoms with Gasteiger partial charge in [-0.05, 0) is 57.5 Å². The van der Waals surface area contributed by atoms with Crippen LogP contribution >= 0.6 is 0 Å². The Kier molecular flexibility index (Phi) is 6.21. The summed E-state index contributed by atoms with van der Waals surface area (Å²) >= 11 is 0. The van der Waals surface area contributed by atoms with Crippen LogP contribution in [0.15, 0.2) is 24.3 Å². The number of nitrogens with one attached hydrogen (secondary N) is 2. The standard InChI is InChI=1S/C17H27N3O/c1-3-10-20-11-8-15(9-12-20)18-13-17(21)19-16-7-5-4-6-14(16)2/h4-7,15,18H,3,8-13H2,1-2H3,(H,19,21). The van der Waals surface area contributed by atoms with Crippen molar-refractivity contribution in [1.29, 1.82) is 0 Å². The lowest BCUT2D eigenvalue weighted by Gasteiger charge is -2.32. The third-order valence-corrected chi connectivity index (χ3v) is 4.10. The highest BCUT2D eigenvalue weighted by atomic mass is 16.1. The second-order valence-electron chi connectivity index (χ2n) is 5.86. The number of amides is 1. The summed E-state index contributed by atoms with van der Waals surface area (Å²) in [5.41, 5.74) is 2.00. The van der Waals surface area contributed by atoms with E-state index in [9.17, 15) is 4.79 Å².